The predicted octanol–water partition coefficient (Wildman–Crippen LogP) is -0.382. The summed E-state index contributed by atoms with van der Waals surface area (Å²) in [4.78, 5) is 11.0. The first-order valence-corrected chi connectivity index (χ1v) is 6.02. The summed E-state index contributed by atoms with van der Waals surface area (Å²) >= 11 is 0. The van der Waals surface area contributed by atoms with Gasteiger partial charge < -0.3 is 5.32 Å². The number of carbonyl (C=O) groups excluding carboxylic acids is 1. The molecular weight excluding hydrogens is 204 g/mol. The molecule has 0 saturated heterocycles. The molecular formula is C8H16N2O3S. The largest absolute Gasteiger partial charge is 0.352 e. The van der Waals surface area contributed by atoms with E-state index in [-0.39, 0.29) is 18.2 Å². The first-order chi connectivity index (χ1) is 6.52. The van der Waals surface area contributed by atoms with Crippen LogP contribution in [0.1, 0.15) is 13.3 Å². The molecule has 0 spiro atoms. The van der Waals surface area contributed by atoms with Crippen molar-refractivity contribution in [1.29, 1.82) is 0 Å². The minimum Gasteiger partial charge on any atom is -0.352 e. The van der Waals surface area contributed by atoms with Crippen molar-refractivity contribution in [2.45, 2.75) is 13.3 Å². The normalized spacial score (nSPS) is 10.9. The van der Waals surface area contributed by atoms with Crippen molar-refractivity contribution in [1.82, 2.24) is 10.0 Å². The fraction of sp³-hybridized carbons (Fsp3) is 0.625. The van der Waals surface area contributed by atoms with Crippen LogP contribution in [0, 0.1) is 0 Å². The second-order valence-corrected chi connectivity index (χ2v) is 4.66. The summed E-state index contributed by atoms with van der Waals surface area (Å²) in [5, 5.41) is 2.46. The van der Waals surface area contributed by atoms with Gasteiger partial charge in [0.25, 0.3) is 0 Å². The summed E-state index contributed by atoms with van der Waals surface area (Å²) in [5.74, 6) is -0.313. The van der Waals surface area contributed by atoms with Gasteiger partial charge in [-0.2, -0.15) is 0 Å². The fourth-order valence-electron chi connectivity index (χ4n) is 0.765. The van der Waals surface area contributed by atoms with E-state index in [1.165, 1.54) is 6.08 Å². The maximum atomic E-state index is 11.1. The topological polar surface area (TPSA) is 75.3 Å². The number of sulfonamides is 1. The minimum absolute atomic E-state index is 0.0434. The second-order valence-electron chi connectivity index (χ2n) is 2.73. The van der Waals surface area contributed by atoms with Gasteiger partial charge in [-0.15, -0.1) is 6.58 Å². The van der Waals surface area contributed by atoms with Crippen LogP contribution < -0.4 is 10.0 Å². The van der Waals surface area contributed by atoms with Crippen molar-refractivity contribution in [3.05, 3.63) is 12.7 Å². The van der Waals surface area contributed by atoms with Gasteiger partial charge in [0.1, 0.15) is 0 Å². The highest BCUT2D eigenvalue weighted by molar-refractivity contribution is 7.89. The first kappa shape index (κ1) is 13.1. The van der Waals surface area contributed by atoms with Crippen molar-refractivity contribution < 1.29 is 13.2 Å². The Hall–Kier alpha value is -0.880. The van der Waals surface area contributed by atoms with E-state index in [0.29, 0.717) is 13.0 Å². The van der Waals surface area contributed by atoms with E-state index >= 15 is 0 Å². The molecule has 0 fully saturated rings. The number of amides is 1. The van der Waals surface area contributed by atoms with Gasteiger partial charge >= 0.3 is 0 Å². The number of hydrogen-bond donors (Lipinski definition) is 2. The quantitative estimate of drug-likeness (QED) is 0.574. The molecule has 2 N–H and O–H groups in total. The van der Waals surface area contributed by atoms with Gasteiger partial charge in [0.2, 0.25) is 15.9 Å². The zero-order chi connectivity index (χ0) is 11.0. The van der Waals surface area contributed by atoms with E-state index in [1.54, 1.807) is 6.92 Å². The molecule has 1 amide bonds. The Morgan fingerprint density at radius 3 is 2.64 bits per heavy atom. The van der Waals surface area contributed by atoms with E-state index in [4.69, 9.17) is 0 Å². The molecule has 0 aromatic carbocycles. The summed E-state index contributed by atoms with van der Waals surface area (Å²) < 4.78 is 24.4. The van der Waals surface area contributed by atoms with Gasteiger partial charge in [0.05, 0.1) is 12.3 Å². The van der Waals surface area contributed by atoms with Crippen LogP contribution in [-0.4, -0.2) is 33.2 Å². The van der Waals surface area contributed by atoms with Crippen LogP contribution in [-0.2, 0) is 14.8 Å². The maximum Gasteiger partial charge on any atom is 0.235 e. The molecule has 5 nitrogen and oxygen atoms in total. The molecule has 0 aromatic rings. The zero-order valence-electron chi connectivity index (χ0n) is 8.25. The molecule has 6 heteroatoms. The minimum atomic E-state index is -3.29. The highest BCUT2D eigenvalue weighted by Gasteiger charge is 2.09. The summed E-state index contributed by atoms with van der Waals surface area (Å²) in [6, 6.07) is 0. The standard InChI is InChI=1S/C8H16N2O3S/c1-3-5-9-8(11)7-10-14(12,13)6-4-2/h3,10H,1,4-7H2,2H3,(H,9,11). The molecule has 0 saturated carbocycles. The first-order valence-electron chi connectivity index (χ1n) is 4.36. The van der Waals surface area contributed by atoms with Crippen LogP contribution in [0.3, 0.4) is 0 Å². The van der Waals surface area contributed by atoms with E-state index in [9.17, 15) is 13.2 Å². The van der Waals surface area contributed by atoms with Crippen molar-refractivity contribution >= 4 is 15.9 Å². The molecule has 82 valence electrons. The lowest BCUT2D eigenvalue weighted by molar-refractivity contribution is -0.119. The van der Waals surface area contributed by atoms with Gasteiger partial charge in [-0.1, -0.05) is 13.0 Å². The number of rotatable bonds is 7. The molecule has 0 unspecified atom stereocenters. The van der Waals surface area contributed by atoms with Gasteiger partial charge in [0.15, 0.2) is 0 Å². The Labute approximate surface area is 84.6 Å². The molecule has 0 bridgehead atoms. The van der Waals surface area contributed by atoms with E-state index in [0.717, 1.165) is 0 Å². The molecule has 0 aliphatic rings. The molecule has 0 rings (SSSR count). The second kappa shape index (κ2) is 6.56. The summed E-state index contributed by atoms with van der Waals surface area (Å²) in [5.41, 5.74) is 0. The van der Waals surface area contributed by atoms with Crippen LogP contribution in [0.2, 0.25) is 0 Å². The Balaban J connectivity index is 3.81. The predicted molar refractivity (Wildman–Crippen MR) is 55.3 cm³/mol. The molecule has 14 heavy (non-hydrogen) atoms. The van der Waals surface area contributed by atoms with Gasteiger partial charge in [-0.3, -0.25) is 4.79 Å². The zero-order valence-corrected chi connectivity index (χ0v) is 9.06. The lowest BCUT2D eigenvalue weighted by Crippen LogP contribution is -2.37. The third-order valence-electron chi connectivity index (χ3n) is 1.37. The third-order valence-corrected chi connectivity index (χ3v) is 2.90. The average molecular weight is 220 g/mol. The molecule has 0 heterocycles. The number of hydrogen-bond acceptors (Lipinski definition) is 3. The van der Waals surface area contributed by atoms with Crippen molar-refractivity contribution in [2.24, 2.45) is 0 Å². The number of nitrogens with one attached hydrogen (secondary N) is 2. The number of carbonyl (C=O) groups is 1. The van der Waals surface area contributed by atoms with Gasteiger partial charge in [-0.25, -0.2) is 13.1 Å². The highest BCUT2D eigenvalue weighted by Crippen LogP contribution is 1.86. The third kappa shape index (κ3) is 6.62. The summed E-state index contributed by atoms with van der Waals surface area (Å²) in [7, 11) is -3.29. The molecule has 0 aliphatic carbocycles. The maximum absolute atomic E-state index is 11.1. The summed E-state index contributed by atoms with van der Waals surface area (Å²) in [6.45, 7) is 5.31. The molecule has 0 radical (unpaired) electrons. The van der Waals surface area contributed by atoms with Crippen molar-refractivity contribution in [2.75, 3.05) is 18.8 Å². The van der Waals surface area contributed by atoms with E-state index < -0.39 is 10.0 Å². The van der Waals surface area contributed by atoms with E-state index in [2.05, 4.69) is 16.6 Å². The van der Waals surface area contributed by atoms with Crippen molar-refractivity contribution in [3.63, 3.8) is 0 Å². The molecule has 0 aliphatic heterocycles. The van der Waals surface area contributed by atoms with Crippen LogP contribution in [0.5, 0.6) is 0 Å². The Morgan fingerprint density at radius 2 is 2.14 bits per heavy atom. The Bertz CT molecular complexity index is 285. The summed E-state index contributed by atoms with van der Waals surface area (Å²) in [6.07, 6.45) is 2.06. The van der Waals surface area contributed by atoms with Crippen LogP contribution in [0.15, 0.2) is 12.7 Å². The SMILES string of the molecule is C=CCNC(=O)CNS(=O)(=O)CCC. The monoisotopic (exact) mass is 220 g/mol. The molecule has 0 aromatic heterocycles. The fourth-order valence-corrected chi connectivity index (χ4v) is 1.80. The lowest BCUT2D eigenvalue weighted by atomic mass is 10.5. The van der Waals surface area contributed by atoms with E-state index in [1.807, 2.05) is 0 Å². The Kier molecular flexibility index (Phi) is 6.14. The smallest absolute Gasteiger partial charge is 0.235 e. The van der Waals surface area contributed by atoms with Crippen LogP contribution in [0.4, 0.5) is 0 Å². The molecule has 0 atom stereocenters. The van der Waals surface area contributed by atoms with Gasteiger partial charge in [-0.05, 0) is 6.42 Å². The highest BCUT2D eigenvalue weighted by atomic mass is 32.2. The lowest BCUT2D eigenvalue weighted by Gasteiger charge is -2.05. The van der Waals surface area contributed by atoms with Crippen LogP contribution >= 0.6 is 0 Å². The van der Waals surface area contributed by atoms with Crippen molar-refractivity contribution in [3.8, 4) is 0 Å². The van der Waals surface area contributed by atoms with Gasteiger partial charge in [0, 0.05) is 6.54 Å². The van der Waals surface area contributed by atoms with Crippen LogP contribution in [0.25, 0.3) is 0 Å². The Morgan fingerprint density at radius 1 is 1.50 bits per heavy atom. The average Bonchev–Trinajstić information content (AvgIpc) is 2.11.